The first-order valence-corrected chi connectivity index (χ1v) is 6.21. The third kappa shape index (κ3) is 2.85. The minimum absolute atomic E-state index is 0.0289. The lowest BCUT2D eigenvalue weighted by atomic mass is 10.2. The summed E-state index contributed by atoms with van der Waals surface area (Å²) in [5.74, 6) is 0.0661. The molecule has 0 saturated carbocycles. The minimum Gasteiger partial charge on any atom is -0.361 e. The molecule has 0 bridgehead atoms. The van der Waals surface area contributed by atoms with E-state index in [0.717, 1.165) is 25.2 Å². The molecule has 5 heteroatoms. The number of ketones is 1. The molecule has 2 rings (SSSR count). The number of anilines is 1. The molecular formula is C13H17N3O2. The lowest BCUT2D eigenvalue weighted by Gasteiger charge is -2.20. The number of carbonyl (C=O) groups is 2. The Hall–Kier alpha value is -1.91. The molecule has 0 unspecified atom stereocenters. The van der Waals surface area contributed by atoms with E-state index in [1.54, 1.807) is 12.3 Å². The SMILES string of the molecule is CCC(=O)c1ccc(N2CCCNC(=O)C2)cn1. The Morgan fingerprint density at radius 3 is 3.00 bits per heavy atom. The highest BCUT2D eigenvalue weighted by molar-refractivity contribution is 5.94. The monoisotopic (exact) mass is 247 g/mol. The van der Waals surface area contributed by atoms with E-state index in [4.69, 9.17) is 0 Å². The van der Waals surface area contributed by atoms with Gasteiger partial charge in [0.2, 0.25) is 5.91 Å². The standard InChI is InChI=1S/C13H17N3O2/c1-2-12(17)11-5-4-10(8-15-11)16-7-3-6-14-13(18)9-16/h4-5,8H,2-3,6-7,9H2,1H3,(H,14,18). The number of pyridine rings is 1. The van der Waals surface area contributed by atoms with Gasteiger partial charge in [0.1, 0.15) is 5.69 Å². The van der Waals surface area contributed by atoms with Crippen LogP contribution in [-0.4, -0.2) is 36.3 Å². The van der Waals surface area contributed by atoms with Gasteiger partial charge in [-0.2, -0.15) is 0 Å². The van der Waals surface area contributed by atoms with E-state index in [0.29, 0.717) is 18.7 Å². The summed E-state index contributed by atoms with van der Waals surface area (Å²) >= 11 is 0. The van der Waals surface area contributed by atoms with Crippen LogP contribution in [0.25, 0.3) is 0 Å². The number of carbonyl (C=O) groups excluding carboxylic acids is 2. The summed E-state index contributed by atoms with van der Waals surface area (Å²) in [4.78, 5) is 29.1. The molecule has 1 amide bonds. The van der Waals surface area contributed by atoms with E-state index in [-0.39, 0.29) is 11.7 Å². The lowest BCUT2D eigenvalue weighted by molar-refractivity contribution is -0.119. The maximum absolute atomic E-state index is 11.5. The van der Waals surface area contributed by atoms with E-state index in [9.17, 15) is 9.59 Å². The van der Waals surface area contributed by atoms with E-state index in [1.165, 1.54) is 0 Å². The fourth-order valence-electron chi connectivity index (χ4n) is 1.95. The van der Waals surface area contributed by atoms with Crippen LogP contribution in [0.3, 0.4) is 0 Å². The number of hydrogen-bond donors (Lipinski definition) is 1. The van der Waals surface area contributed by atoms with Gasteiger partial charge in [-0.25, -0.2) is 0 Å². The van der Waals surface area contributed by atoms with Crippen LogP contribution >= 0.6 is 0 Å². The van der Waals surface area contributed by atoms with Gasteiger partial charge in [0.05, 0.1) is 18.4 Å². The molecule has 0 atom stereocenters. The Labute approximate surface area is 106 Å². The van der Waals surface area contributed by atoms with Crippen molar-refractivity contribution in [2.45, 2.75) is 19.8 Å². The van der Waals surface area contributed by atoms with Gasteiger partial charge in [-0.3, -0.25) is 14.6 Å². The molecule has 1 fully saturated rings. The van der Waals surface area contributed by atoms with Crippen molar-refractivity contribution in [3.8, 4) is 0 Å². The predicted octanol–water partition coefficient (Wildman–Crippen LogP) is 1.00. The third-order valence-corrected chi connectivity index (χ3v) is 2.98. The van der Waals surface area contributed by atoms with Gasteiger partial charge in [-0.15, -0.1) is 0 Å². The van der Waals surface area contributed by atoms with Crippen molar-refractivity contribution in [3.63, 3.8) is 0 Å². The third-order valence-electron chi connectivity index (χ3n) is 2.98. The predicted molar refractivity (Wildman–Crippen MR) is 68.7 cm³/mol. The molecule has 1 aromatic heterocycles. The van der Waals surface area contributed by atoms with Crippen LogP contribution in [0.1, 0.15) is 30.3 Å². The van der Waals surface area contributed by atoms with Gasteiger partial charge < -0.3 is 10.2 Å². The molecular weight excluding hydrogens is 230 g/mol. The fraction of sp³-hybridized carbons (Fsp3) is 0.462. The highest BCUT2D eigenvalue weighted by atomic mass is 16.2. The lowest BCUT2D eigenvalue weighted by Crippen LogP contribution is -2.33. The zero-order chi connectivity index (χ0) is 13.0. The summed E-state index contributed by atoms with van der Waals surface area (Å²) in [5.41, 5.74) is 1.38. The summed E-state index contributed by atoms with van der Waals surface area (Å²) in [7, 11) is 0. The maximum Gasteiger partial charge on any atom is 0.239 e. The zero-order valence-corrected chi connectivity index (χ0v) is 10.5. The number of hydrogen-bond acceptors (Lipinski definition) is 4. The maximum atomic E-state index is 11.5. The molecule has 0 spiro atoms. The number of nitrogens with zero attached hydrogens (tertiary/aromatic N) is 2. The van der Waals surface area contributed by atoms with Crippen LogP contribution in [0.4, 0.5) is 5.69 Å². The highest BCUT2D eigenvalue weighted by Gasteiger charge is 2.15. The number of rotatable bonds is 3. The second kappa shape index (κ2) is 5.62. The highest BCUT2D eigenvalue weighted by Crippen LogP contribution is 2.15. The first kappa shape index (κ1) is 12.5. The molecule has 1 aromatic rings. The summed E-state index contributed by atoms with van der Waals surface area (Å²) in [6, 6.07) is 3.58. The molecule has 0 radical (unpaired) electrons. The Balaban J connectivity index is 2.13. The van der Waals surface area contributed by atoms with Crippen molar-refractivity contribution in [2.24, 2.45) is 0 Å². The van der Waals surface area contributed by atoms with Gasteiger partial charge in [-0.1, -0.05) is 6.92 Å². The summed E-state index contributed by atoms with van der Waals surface area (Å²) in [6.07, 6.45) is 3.04. The van der Waals surface area contributed by atoms with Crippen molar-refractivity contribution in [2.75, 3.05) is 24.5 Å². The van der Waals surface area contributed by atoms with Gasteiger partial charge in [0.15, 0.2) is 5.78 Å². The Bertz CT molecular complexity index is 442. The summed E-state index contributed by atoms with van der Waals surface area (Å²) in [6.45, 7) is 3.70. The first-order valence-electron chi connectivity index (χ1n) is 6.21. The molecule has 1 aliphatic rings. The molecule has 1 saturated heterocycles. The Morgan fingerprint density at radius 1 is 1.50 bits per heavy atom. The molecule has 1 aliphatic heterocycles. The second-order valence-corrected chi connectivity index (χ2v) is 4.30. The van der Waals surface area contributed by atoms with Crippen molar-refractivity contribution < 1.29 is 9.59 Å². The van der Waals surface area contributed by atoms with Crippen LogP contribution in [-0.2, 0) is 4.79 Å². The van der Waals surface area contributed by atoms with E-state index < -0.39 is 0 Å². The fourth-order valence-corrected chi connectivity index (χ4v) is 1.95. The number of Topliss-reactive ketones (excluding diaryl/α,β-unsaturated/α-hetero) is 1. The summed E-state index contributed by atoms with van der Waals surface area (Å²) in [5, 5.41) is 2.83. The largest absolute Gasteiger partial charge is 0.361 e. The molecule has 0 aliphatic carbocycles. The van der Waals surface area contributed by atoms with Crippen molar-refractivity contribution in [3.05, 3.63) is 24.0 Å². The van der Waals surface area contributed by atoms with Crippen LogP contribution in [0.15, 0.2) is 18.3 Å². The topological polar surface area (TPSA) is 62.3 Å². The van der Waals surface area contributed by atoms with Gasteiger partial charge in [-0.05, 0) is 18.6 Å². The average molecular weight is 247 g/mol. The number of aromatic nitrogens is 1. The molecule has 5 nitrogen and oxygen atoms in total. The van der Waals surface area contributed by atoms with Crippen LogP contribution in [0.2, 0.25) is 0 Å². The molecule has 0 aromatic carbocycles. The number of amides is 1. The number of nitrogens with one attached hydrogen (secondary N) is 1. The minimum atomic E-state index is 0.0289. The smallest absolute Gasteiger partial charge is 0.239 e. The molecule has 1 N–H and O–H groups in total. The van der Waals surface area contributed by atoms with Crippen molar-refractivity contribution >= 4 is 17.4 Å². The van der Waals surface area contributed by atoms with Crippen LogP contribution < -0.4 is 10.2 Å². The average Bonchev–Trinajstić information content (AvgIpc) is 2.63. The molecule has 2 heterocycles. The van der Waals surface area contributed by atoms with Crippen LogP contribution in [0, 0.1) is 0 Å². The van der Waals surface area contributed by atoms with E-state index in [2.05, 4.69) is 10.3 Å². The van der Waals surface area contributed by atoms with Gasteiger partial charge in [0, 0.05) is 19.5 Å². The Kier molecular flexibility index (Phi) is 3.92. The molecule has 96 valence electrons. The van der Waals surface area contributed by atoms with E-state index in [1.807, 2.05) is 17.9 Å². The second-order valence-electron chi connectivity index (χ2n) is 4.30. The normalized spacial score (nSPS) is 16.1. The quantitative estimate of drug-likeness (QED) is 0.809. The molecule has 18 heavy (non-hydrogen) atoms. The zero-order valence-electron chi connectivity index (χ0n) is 10.5. The summed E-state index contributed by atoms with van der Waals surface area (Å²) < 4.78 is 0. The van der Waals surface area contributed by atoms with E-state index >= 15 is 0 Å². The van der Waals surface area contributed by atoms with Crippen molar-refractivity contribution in [1.82, 2.24) is 10.3 Å². The van der Waals surface area contributed by atoms with Crippen LogP contribution in [0.5, 0.6) is 0 Å². The first-order chi connectivity index (χ1) is 8.70. The Morgan fingerprint density at radius 2 is 2.33 bits per heavy atom. The van der Waals surface area contributed by atoms with Gasteiger partial charge in [0.25, 0.3) is 0 Å². The van der Waals surface area contributed by atoms with Crippen molar-refractivity contribution in [1.29, 1.82) is 0 Å². The van der Waals surface area contributed by atoms with Gasteiger partial charge >= 0.3 is 0 Å².